The van der Waals surface area contributed by atoms with Crippen LogP contribution >= 0.6 is 0 Å². The van der Waals surface area contributed by atoms with Gasteiger partial charge >= 0.3 is 0 Å². The Hall–Kier alpha value is -7.31. The van der Waals surface area contributed by atoms with Crippen LogP contribution in [0.2, 0.25) is 0 Å². The number of para-hydroxylation sites is 6. The summed E-state index contributed by atoms with van der Waals surface area (Å²) in [6.45, 7) is 0. The lowest BCUT2D eigenvalue weighted by Gasteiger charge is -2.11. The van der Waals surface area contributed by atoms with Crippen molar-refractivity contribution in [3.8, 4) is 39.8 Å². The van der Waals surface area contributed by atoms with Gasteiger partial charge in [0.2, 0.25) is 0 Å². The molecule has 53 heavy (non-hydrogen) atoms. The number of fused-ring (bicyclic) bond motifs is 7. The van der Waals surface area contributed by atoms with Crippen LogP contribution in [0.1, 0.15) is 0 Å². The lowest BCUT2D eigenvalue weighted by molar-refractivity contribution is 1.08. The minimum atomic E-state index is 0.667. The molecule has 0 radical (unpaired) electrons. The second kappa shape index (κ2) is 11.6. The van der Waals surface area contributed by atoms with Gasteiger partial charge in [-0.3, -0.25) is 4.57 Å². The normalized spacial score (nSPS) is 11.8. The molecule has 0 spiro atoms. The number of aromatic nitrogens is 6. The Morgan fingerprint density at radius 1 is 0.340 bits per heavy atom. The monoisotopic (exact) mass is 678 g/mol. The Kier molecular flexibility index (Phi) is 6.45. The van der Waals surface area contributed by atoms with Crippen molar-refractivity contribution in [1.82, 2.24) is 28.7 Å². The van der Waals surface area contributed by atoms with E-state index >= 15 is 0 Å². The molecular formula is C47H30N6. The average Bonchev–Trinajstić information content (AvgIpc) is 3.89. The summed E-state index contributed by atoms with van der Waals surface area (Å²) in [5.74, 6) is 1.48. The third-order valence-corrected chi connectivity index (χ3v) is 10.4. The van der Waals surface area contributed by atoms with E-state index in [9.17, 15) is 0 Å². The van der Waals surface area contributed by atoms with Gasteiger partial charge in [0.15, 0.2) is 5.82 Å². The van der Waals surface area contributed by atoms with Crippen LogP contribution in [0.25, 0.3) is 94.5 Å². The Labute approximate surface area is 304 Å². The molecule has 0 unspecified atom stereocenters. The molecule has 11 aromatic rings. The molecule has 4 heterocycles. The van der Waals surface area contributed by atoms with Gasteiger partial charge in [0, 0.05) is 56.6 Å². The Morgan fingerprint density at radius 2 is 0.830 bits per heavy atom. The van der Waals surface area contributed by atoms with Crippen molar-refractivity contribution >= 4 is 54.6 Å². The van der Waals surface area contributed by atoms with Crippen LogP contribution in [-0.2, 0) is 0 Å². The first-order valence-electron chi connectivity index (χ1n) is 17.8. The van der Waals surface area contributed by atoms with E-state index in [-0.39, 0.29) is 0 Å². The van der Waals surface area contributed by atoms with E-state index in [1.165, 1.54) is 32.6 Å². The van der Waals surface area contributed by atoms with Gasteiger partial charge in [-0.15, -0.1) is 0 Å². The smallest absolute Gasteiger partial charge is 0.159 e. The standard InChI is InChI=1S/C47H30N6/c1-2-12-33(13-3-1)53-45-21-11-7-17-40(45)50-47(53)32-29-48-46(49-30-32)31-22-24-34(25-23-31)51-43-20-10-6-16-38(43)39-28-35(26-27-44(39)51)52-41-18-8-4-14-36(41)37-15-5-9-19-42(37)52/h1-30H. The zero-order valence-electron chi connectivity index (χ0n) is 28.5. The number of nitrogens with zero attached hydrogens (tertiary/aromatic N) is 6. The molecule has 0 amide bonds. The zero-order chi connectivity index (χ0) is 34.9. The van der Waals surface area contributed by atoms with Gasteiger partial charge in [0.1, 0.15) is 5.82 Å². The average molecular weight is 679 g/mol. The van der Waals surface area contributed by atoms with Crippen LogP contribution in [-0.4, -0.2) is 28.7 Å². The molecule has 0 N–H and O–H groups in total. The number of imidazole rings is 1. The molecule has 248 valence electrons. The van der Waals surface area contributed by atoms with E-state index in [0.717, 1.165) is 56.1 Å². The summed E-state index contributed by atoms with van der Waals surface area (Å²) >= 11 is 0. The minimum Gasteiger partial charge on any atom is -0.309 e. The Morgan fingerprint density at radius 3 is 1.49 bits per heavy atom. The first-order valence-corrected chi connectivity index (χ1v) is 17.8. The molecular weight excluding hydrogens is 649 g/mol. The van der Waals surface area contributed by atoms with Gasteiger partial charge in [0.25, 0.3) is 0 Å². The number of benzene rings is 7. The fraction of sp³-hybridized carbons (Fsp3) is 0. The molecule has 0 bridgehead atoms. The third kappa shape index (κ3) is 4.56. The van der Waals surface area contributed by atoms with E-state index in [2.05, 4.69) is 147 Å². The molecule has 0 aliphatic rings. The maximum atomic E-state index is 4.98. The Bertz CT molecular complexity index is 3100. The van der Waals surface area contributed by atoms with Crippen molar-refractivity contribution in [2.75, 3.05) is 0 Å². The number of hydrogen-bond acceptors (Lipinski definition) is 3. The van der Waals surface area contributed by atoms with Crippen LogP contribution in [0.15, 0.2) is 182 Å². The van der Waals surface area contributed by atoms with Crippen molar-refractivity contribution in [1.29, 1.82) is 0 Å². The van der Waals surface area contributed by atoms with Gasteiger partial charge in [-0.1, -0.05) is 84.9 Å². The van der Waals surface area contributed by atoms with E-state index < -0.39 is 0 Å². The second-order valence-electron chi connectivity index (χ2n) is 13.4. The molecule has 4 aromatic heterocycles. The first kappa shape index (κ1) is 29.4. The zero-order valence-corrected chi connectivity index (χ0v) is 28.5. The quantitative estimate of drug-likeness (QED) is 0.182. The van der Waals surface area contributed by atoms with E-state index in [1.807, 2.05) is 48.8 Å². The van der Waals surface area contributed by atoms with Crippen LogP contribution in [0, 0.1) is 0 Å². The van der Waals surface area contributed by atoms with Gasteiger partial charge in [0.05, 0.1) is 38.7 Å². The first-order chi connectivity index (χ1) is 26.3. The molecule has 0 saturated carbocycles. The van der Waals surface area contributed by atoms with Crippen molar-refractivity contribution in [3.05, 3.63) is 182 Å². The molecule has 7 aromatic carbocycles. The summed E-state index contributed by atoms with van der Waals surface area (Å²) in [5, 5.41) is 4.95. The van der Waals surface area contributed by atoms with Crippen LogP contribution in [0.4, 0.5) is 0 Å². The minimum absolute atomic E-state index is 0.667. The summed E-state index contributed by atoms with van der Waals surface area (Å²) in [6.07, 6.45) is 3.75. The van der Waals surface area contributed by atoms with Crippen molar-refractivity contribution in [2.45, 2.75) is 0 Å². The maximum Gasteiger partial charge on any atom is 0.159 e. The number of rotatable bonds is 5. The summed E-state index contributed by atoms with van der Waals surface area (Å²) < 4.78 is 6.90. The molecule has 0 aliphatic heterocycles. The van der Waals surface area contributed by atoms with E-state index in [0.29, 0.717) is 5.82 Å². The van der Waals surface area contributed by atoms with E-state index in [1.54, 1.807) is 0 Å². The maximum absolute atomic E-state index is 4.98. The molecule has 0 fully saturated rings. The SMILES string of the molecule is c1ccc(-n2c(-c3cnc(-c4ccc(-n5c6ccccc6c6cc(-n7c8ccccc8c8ccccc87)ccc65)cc4)nc3)nc3ccccc32)cc1. The molecule has 11 rings (SSSR count). The summed E-state index contributed by atoms with van der Waals surface area (Å²) in [4.78, 5) is 14.6. The van der Waals surface area contributed by atoms with Crippen LogP contribution in [0.5, 0.6) is 0 Å². The highest BCUT2D eigenvalue weighted by Gasteiger charge is 2.18. The largest absolute Gasteiger partial charge is 0.309 e. The third-order valence-electron chi connectivity index (χ3n) is 10.4. The van der Waals surface area contributed by atoms with Gasteiger partial charge in [-0.25, -0.2) is 15.0 Å². The summed E-state index contributed by atoms with van der Waals surface area (Å²) in [5.41, 5.74) is 11.8. The lowest BCUT2D eigenvalue weighted by Crippen LogP contribution is -1.99. The Balaban J connectivity index is 0.977. The van der Waals surface area contributed by atoms with Gasteiger partial charge < -0.3 is 9.13 Å². The van der Waals surface area contributed by atoms with Crippen LogP contribution < -0.4 is 0 Å². The highest BCUT2D eigenvalue weighted by molar-refractivity contribution is 6.12. The van der Waals surface area contributed by atoms with Crippen molar-refractivity contribution < 1.29 is 0 Å². The predicted octanol–water partition coefficient (Wildman–Crippen LogP) is 11.3. The highest BCUT2D eigenvalue weighted by Crippen LogP contribution is 2.37. The van der Waals surface area contributed by atoms with Crippen molar-refractivity contribution in [3.63, 3.8) is 0 Å². The molecule has 6 nitrogen and oxygen atoms in total. The molecule has 0 saturated heterocycles. The lowest BCUT2D eigenvalue weighted by atomic mass is 10.1. The van der Waals surface area contributed by atoms with Crippen LogP contribution in [0.3, 0.4) is 0 Å². The highest BCUT2D eigenvalue weighted by atomic mass is 15.1. The summed E-state index contributed by atoms with van der Waals surface area (Å²) in [7, 11) is 0. The molecule has 0 atom stereocenters. The van der Waals surface area contributed by atoms with Gasteiger partial charge in [-0.2, -0.15) is 0 Å². The topological polar surface area (TPSA) is 53.5 Å². The molecule has 6 heteroatoms. The second-order valence-corrected chi connectivity index (χ2v) is 13.4. The molecule has 0 aliphatic carbocycles. The van der Waals surface area contributed by atoms with Gasteiger partial charge in [-0.05, 0) is 84.9 Å². The summed E-state index contributed by atoms with van der Waals surface area (Å²) in [6, 6.07) is 59.8. The predicted molar refractivity (Wildman–Crippen MR) is 216 cm³/mol. The van der Waals surface area contributed by atoms with E-state index in [4.69, 9.17) is 15.0 Å². The number of hydrogen-bond donors (Lipinski definition) is 0. The van der Waals surface area contributed by atoms with Crippen molar-refractivity contribution in [2.24, 2.45) is 0 Å². The fourth-order valence-electron chi connectivity index (χ4n) is 7.99. The fourth-order valence-corrected chi connectivity index (χ4v) is 7.99.